The molecule has 1 N–H and O–H groups in total. The number of H-pyrrole nitrogens is 1. The lowest BCUT2D eigenvalue weighted by molar-refractivity contribution is -0.141. The van der Waals surface area contributed by atoms with Crippen molar-refractivity contribution in [2.45, 2.75) is 32.6 Å². The molecule has 0 aliphatic rings. The van der Waals surface area contributed by atoms with Crippen LogP contribution in [0.3, 0.4) is 0 Å². The monoisotopic (exact) mass is 428 g/mol. The van der Waals surface area contributed by atoms with Crippen molar-refractivity contribution in [3.8, 4) is 0 Å². The van der Waals surface area contributed by atoms with Gasteiger partial charge in [0.25, 0.3) is 10.0 Å². The van der Waals surface area contributed by atoms with Gasteiger partial charge in [-0.05, 0) is 63.1 Å². The van der Waals surface area contributed by atoms with Crippen molar-refractivity contribution in [2.24, 2.45) is 0 Å². The predicted octanol–water partition coefficient (Wildman–Crippen LogP) is 3.21. The smallest absolute Gasteiger partial charge is 0.326 e. The number of carbonyl (C=O) groups excluding carboxylic acids is 1. The number of hydrogen-bond acceptors (Lipinski definition) is 5. The van der Waals surface area contributed by atoms with Gasteiger partial charge in [0.2, 0.25) is 5.56 Å². The third-order valence-corrected chi connectivity index (χ3v) is 6.57. The van der Waals surface area contributed by atoms with Crippen molar-refractivity contribution < 1.29 is 17.9 Å². The summed E-state index contributed by atoms with van der Waals surface area (Å²) < 4.78 is 33.2. The van der Waals surface area contributed by atoms with Gasteiger partial charge in [-0.1, -0.05) is 17.7 Å². The first kappa shape index (κ1) is 21.6. The van der Waals surface area contributed by atoms with Crippen molar-refractivity contribution in [1.29, 1.82) is 0 Å². The zero-order valence-electron chi connectivity index (χ0n) is 17.4. The van der Waals surface area contributed by atoms with E-state index in [1.807, 2.05) is 6.92 Å². The molecular weight excluding hydrogens is 404 g/mol. The Labute approximate surface area is 175 Å². The summed E-state index contributed by atoms with van der Waals surface area (Å²) in [5.74, 6) is -0.639. The molecule has 0 bridgehead atoms. The summed E-state index contributed by atoms with van der Waals surface area (Å²) in [7, 11) is -4.08. The molecule has 30 heavy (non-hydrogen) atoms. The second-order valence-electron chi connectivity index (χ2n) is 7.13. The number of carbonyl (C=O) groups is 1. The van der Waals surface area contributed by atoms with Crippen LogP contribution in [0, 0.1) is 20.8 Å². The standard InChI is InChI=1S/C22H24N2O5S/c1-5-29-21(26)13-24(17-8-6-14(2)7-9-17)30(27,28)18-10-16(4)22-19(12-18)15(3)11-20(25)23-22/h6-12H,5,13H2,1-4H3,(H,23,25). The van der Waals surface area contributed by atoms with E-state index in [1.54, 1.807) is 45.0 Å². The maximum Gasteiger partial charge on any atom is 0.326 e. The van der Waals surface area contributed by atoms with Crippen molar-refractivity contribution in [2.75, 3.05) is 17.5 Å². The summed E-state index contributed by atoms with van der Waals surface area (Å²) in [6, 6.07) is 11.3. The summed E-state index contributed by atoms with van der Waals surface area (Å²) in [6.45, 7) is 6.76. The lowest BCUT2D eigenvalue weighted by atomic mass is 10.1. The van der Waals surface area contributed by atoms with Gasteiger partial charge in [0.05, 0.1) is 22.7 Å². The molecule has 0 aliphatic heterocycles. The molecule has 0 amide bonds. The van der Waals surface area contributed by atoms with Gasteiger partial charge in [0.15, 0.2) is 0 Å². The van der Waals surface area contributed by atoms with Crippen molar-refractivity contribution in [1.82, 2.24) is 4.98 Å². The number of pyridine rings is 1. The van der Waals surface area contributed by atoms with Crippen LogP contribution in [0.1, 0.15) is 23.6 Å². The summed E-state index contributed by atoms with van der Waals surface area (Å²) in [5, 5.41) is 0.633. The first-order valence-corrected chi connectivity index (χ1v) is 11.0. The quantitative estimate of drug-likeness (QED) is 0.608. The highest BCUT2D eigenvalue weighted by Crippen LogP contribution is 2.28. The van der Waals surface area contributed by atoms with Crippen LogP contribution >= 0.6 is 0 Å². The fourth-order valence-corrected chi connectivity index (χ4v) is 4.81. The zero-order valence-corrected chi connectivity index (χ0v) is 18.2. The number of aryl methyl sites for hydroxylation is 3. The largest absolute Gasteiger partial charge is 0.465 e. The number of nitrogens with zero attached hydrogens (tertiary/aromatic N) is 1. The number of anilines is 1. The van der Waals surface area contributed by atoms with Crippen LogP contribution < -0.4 is 9.86 Å². The van der Waals surface area contributed by atoms with E-state index < -0.39 is 22.5 Å². The molecule has 2 aromatic carbocycles. The number of fused-ring (bicyclic) bond motifs is 1. The molecule has 0 fully saturated rings. The number of esters is 1. The number of nitrogens with one attached hydrogen (secondary N) is 1. The van der Waals surface area contributed by atoms with Crippen LogP contribution in [0.2, 0.25) is 0 Å². The zero-order chi connectivity index (χ0) is 22.1. The number of ether oxygens (including phenoxy) is 1. The Morgan fingerprint density at radius 2 is 1.70 bits per heavy atom. The Bertz CT molecular complexity index is 1260. The van der Waals surface area contributed by atoms with Crippen molar-refractivity contribution in [3.63, 3.8) is 0 Å². The third kappa shape index (κ3) is 4.23. The minimum absolute atomic E-state index is 0.0347. The van der Waals surface area contributed by atoms with Crippen LogP contribution in [0.25, 0.3) is 10.9 Å². The van der Waals surface area contributed by atoms with Crippen LogP contribution in [-0.4, -0.2) is 32.5 Å². The van der Waals surface area contributed by atoms with Crippen LogP contribution in [0.5, 0.6) is 0 Å². The van der Waals surface area contributed by atoms with E-state index in [9.17, 15) is 18.0 Å². The summed E-state index contributed by atoms with van der Waals surface area (Å²) in [6.07, 6.45) is 0. The molecule has 0 spiro atoms. The Balaban J connectivity index is 2.18. The van der Waals surface area contributed by atoms with Crippen molar-refractivity contribution >= 4 is 32.6 Å². The predicted molar refractivity (Wildman–Crippen MR) is 116 cm³/mol. The molecule has 0 radical (unpaired) electrons. The second-order valence-corrected chi connectivity index (χ2v) is 8.99. The molecule has 8 heteroatoms. The summed E-state index contributed by atoms with van der Waals surface area (Å²) in [5.41, 5.74) is 2.96. The molecule has 0 aliphatic carbocycles. The van der Waals surface area contributed by atoms with Gasteiger partial charge in [-0.25, -0.2) is 8.42 Å². The van der Waals surface area contributed by atoms with Crippen molar-refractivity contribution in [3.05, 3.63) is 69.5 Å². The van der Waals surface area contributed by atoms with Crippen LogP contribution in [-0.2, 0) is 19.6 Å². The average Bonchev–Trinajstić information content (AvgIpc) is 2.67. The van der Waals surface area contributed by atoms with Gasteiger partial charge in [-0.2, -0.15) is 0 Å². The SMILES string of the molecule is CCOC(=O)CN(c1ccc(C)cc1)S(=O)(=O)c1cc(C)c2[nH]c(=O)cc(C)c2c1. The molecular formula is C22H24N2O5S. The molecule has 0 saturated carbocycles. The van der Waals surface area contributed by atoms with Gasteiger partial charge in [0.1, 0.15) is 6.54 Å². The Hall–Kier alpha value is -3.13. The van der Waals surface area contributed by atoms with E-state index in [1.165, 1.54) is 18.2 Å². The molecule has 7 nitrogen and oxygen atoms in total. The molecule has 0 atom stereocenters. The van der Waals surface area contributed by atoms with E-state index in [4.69, 9.17) is 4.74 Å². The van der Waals surface area contributed by atoms with Gasteiger partial charge < -0.3 is 9.72 Å². The van der Waals surface area contributed by atoms with Crippen LogP contribution in [0.15, 0.2) is 52.2 Å². The van der Waals surface area contributed by atoms with E-state index >= 15 is 0 Å². The van der Waals surface area contributed by atoms with Gasteiger partial charge in [-0.15, -0.1) is 0 Å². The highest BCUT2D eigenvalue weighted by Gasteiger charge is 2.28. The summed E-state index contributed by atoms with van der Waals surface area (Å²) >= 11 is 0. The number of sulfonamides is 1. The maximum atomic E-state index is 13.6. The highest BCUT2D eigenvalue weighted by molar-refractivity contribution is 7.92. The molecule has 0 saturated heterocycles. The molecule has 3 rings (SSSR count). The number of rotatable bonds is 6. The number of aromatic nitrogens is 1. The minimum Gasteiger partial charge on any atom is -0.465 e. The fraction of sp³-hybridized carbons (Fsp3) is 0.273. The van der Waals surface area contributed by atoms with E-state index in [0.29, 0.717) is 27.7 Å². The lowest BCUT2D eigenvalue weighted by Crippen LogP contribution is -2.36. The number of hydrogen-bond donors (Lipinski definition) is 1. The summed E-state index contributed by atoms with van der Waals surface area (Å²) in [4.78, 5) is 26.8. The highest BCUT2D eigenvalue weighted by atomic mass is 32.2. The topological polar surface area (TPSA) is 96.5 Å². The average molecular weight is 429 g/mol. The number of benzene rings is 2. The van der Waals surface area contributed by atoms with Crippen LogP contribution in [0.4, 0.5) is 5.69 Å². The van der Waals surface area contributed by atoms with Gasteiger partial charge in [-0.3, -0.25) is 13.9 Å². The maximum absolute atomic E-state index is 13.6. The van der Waals surface area contributed by atoms with Gasteiger partial charge in [0, 0.05) is 11.5 Å². The Morgan fingerprint density at radius 3 is 2.33 bits per heavy atom. The third-order valence-electron chi connectivity index (χ3n) is 4.82. The first-order valence-electron chi connectivity index (χ1n) is 9.52. The first-order chi connectivity index (χ1) is 14.1. The van der Waals surface area contributed by atoms with E-state index in [0.717, 1.165) is 9.87 Å². The van der Waals surface area contributed by atoms with E-state index in [-0.39, 0.29) is 17.1 Å². The molecule has 1 aromatic heterocycles. The van der Waals surface area contributed by atoms with Gasteiger partial charge >= 0.3 is 5.97 Å². The Morgan fingerprint density at radius 1 is 1.03 bits per heavy atom. The molecule has 3 aromatic rings. The fourth-order valence-electron chi connectivity index (χ4n) is 3.29. The van der Waals surface area contributed by atoms with E-state index in [2.05, 4.69) is 4.98 Å². The minimum atomic E-state index is -4.08. The molecule has 158 valence electrons. The second kappa shape index (κ2) is 8.31. The number of aromatic amines is 1. The molecule has 0 unspecified atom stereocenters. The lowest BCUT2D eigenvalue weighted by Gasteiger charge is -2.24. The molecule has 1 heterocycles. The Kier molecular flexibility index (Phi) is 5.98. The normalized spacial score (nSPS) is 11.5.